The van der Waals surface area contributed by atoms with Crippen LogP contribution in [0.4, 0.5) is 0 Å². The molecular formula is C85H162NO8P. The first-order valence-electron chi connectivity index (χ1n) is 42.1. The van der Waals surface area contributed by atoms with Crippen LogP contribution in [-0.2, 0) is 32.7 Å². The van der Waals surface area contributed by atoms with Gasteiger partial charge in [0, 0.05) is 19.4 Å². The molecule has 0 saturated carbocycles. The van der Waals surface area contributed by atoms with Gasteiger partial charge in [-0.15, -0.1) is 0 Å². The average Bonchev–Trinajstić information content (AvgIpc) is 3.16. The lowest BCUT2D eigenvalue weighted by Crippen LogP contribution is -2.29. The summed E-state index contributed by atoms with van der Waals surface area (Å²) in [6.45, 7) is 3.73. The summed E-state index contributed by atoms with van der Waals surface area (Å²) >= 11 is 0. The predicted octanol–water partition coefficient (Wildman–Crippen LogP) is 28.3. The van der Waals surface area contributed by atoms with Crippen molar-refractivity contribution in [3.05, 3.63) is 48.6 Å². The van der Waals surface area contributed by atoms with E-state index in [1.54, 1.807) is 0 Å². The van der Waals surface area contributed by atoms with Crippen molar-refractivity contribution in [1.82, 2.24) is 0 Å². The summed E-state index contributed by atoms with van der Waals surface area (Å²) in [5.74, 6) is -0.798. The van der Waals surface area contributed by atoms with Gasteiger partial charge < -0.3 is 20.1 Å². The van der Waals surface area contributed by atoms with Gasteiger partial charge in [-0.25, -0.2) is 4.57 Å². The fourth-order valence-electron chi connectivity index (χ4n) is 13.0. The number of hydrogen-bond donors (Lipinski definition) is 2. The van der Waals surface area contributed by atoms with Gasteiger partial charge in [0.1, 0.15) is 6.61 Å². The number of esters is 2. The van der Waals surface area contributed by atoms with Crippen LogP contribution in [0.2, 0.25) is 0 Å². The Morgan fingerprint density at radius 3 is 0.863 bits per heavy atom. The van der Waals surface area contributed by atoms with Gasteiger partial charge in [0.2, 0.25) is 0 Å². The SMILES string of the molecule is CC/C=C\C/C=C\C/C=C\C/C=C\CCCCCCCCCCCCCCCCCCCCCCCCCCCCC(=O)OC(COC(=O)CCCCCCCCCCCCCCCCCCCCCCCCCCCCCCCCCCCCC)COP(=O)(O)OCCN. The molecule has 560 valence electrons. The third-order valence-corrected chi connectivity index (χ3v) is 20.2. The quantitative estimate of drug-likeness (QED) is 0.0264. The van der Waals surface area contributed by atoms with Gasteiger partial charge in [0.15, 0.2) is 6.10 Å². The van der Waals surface area contributed by atoms with E-state index in [1.807, 2.05) is 0 Å². The number of nitrogens with two attached hydrogens (primary N) is 1. The van der Waals surface area contributed by atoms with Crippen molar-refractivity contribution in [2.75, 3.05) is 26.4 Å². The molecule has 9 nitrogen and oxygen atoms in total. The summed E-state index contributed by atoms with van der Waals surface area (Å²) in [6.07, 6.45) is 106. The minimum absolute atomic E-state index is 0.0568. The number of unbranched alkanes of at least 4 members (excludes halogenated alkanes) is 60. The van der Waals surface area contributed by atoms with Crippen LogP contribution in [0.15, 0.2) is 48.6 Å². The van der Waals surface area contributed by atoms with Crippen molar-refractivity contribution in [1.29, 1.82) is 0 Å². The summed E-state index contributed by atoms with van der Waals surface area (Å²) in [6, 6.07) is 0. The molecule has 0 spiro atoms. The molecule has 0 bridgehead atoms. The Hall–Kier alpha value is -2.03. The van der Waals surface area contributed by atoms with E-state index < -0.39 is 26.5 Å². The highest BCUT2D eigenvalue weighted by atomic mass is 31.2. The average molecular weight is 1360 g/mol. The fraction of sp³-hybridized carbons (Fsp3) is 0.882. The second kappa shape index (κ2) is 80.9. The summed E-state index contributed by atoms with van der Waals surface area (Å²) in [7, 11) is -4.39. The van der Waals surface area contributed by atoms with Crippen molar-refractivity contribution >= 4 is 19.8 Å². The van der Waals surface area contributed by atoms with E-state index in [-0.39, 0.29) is 38.6 Å². The number of carbonyl (C=O) groups is 2. The van der Waals surface area contributed by atoms with Crippen molar-refractivity contribution in [2.45, 2.75) is 457 Å². The van der Waals surface area contributed by atoms with E-state index in [4.69, 9.17) is 24.3 Å². The summed E-state index contributed by atoms with van der Waals surface area (Å²) < 4.78 is 33.3. The van der Waals surface area contributed by atoms with Crippen LogP contribution < -0.4 is 5.73 Å². The third kappa shape index (κ3) is 80.8. The maximum Gasteiger partial charge on any atom is 0.472 e. The Balaban J connectivity index is 3.71. The Kier molecular flexibility index (Phi) is 79.2. The Labute approximate surface area is 591 Å². The van der Waals surface area contributed by atoms with E-state index in [0.29, 0.717) is 6.42 Å². The molecule has 0 heterocycles. The smallest absolute Gasteiger partial charge is 0.462 e. The van der Waals surface area contributed by atoms with Gasteiger partial charge in [-0.3, -0.25) is 18.6 Å². The minimum Gasteiger partial charge on any atom is -0.462 e. The first-order valence-corrected chi connectivity index (χ1v) is 43.6. The zero-order valence-corrected chi connectivity index (χ0v) is 64.3. The number of carbonyl (C=O) groups excluding carboxylic acids is 2. The van der Waals surface area contributed by atoms with E-state index in [9.17, 15) is 19.0 Å². The molecule has 0 saturated heterocycles. The second-order valence-corrected chi connectivity index (χ2v) is 30.1. The molecule has 0 fully saturated rings. The number of ether oxygens (including phenoxy) is 2. The van der Waals surface area contributed by atoms with E-state index in [1.165, 1.54) is 360 Å². The Morgan fingerprint density at radius 2 is 0.579 bits per heavy atom. The number of phosphoric acid groups is 1. The normalized spacial score (nSPS) is 13.0. The molecule has 2 unspecified atom stereocenters. The van der Waals surface area contributed by atoms with Crippen molar-refractivity contribution in [3.63, 3.8) is 0 Å². The zero-order valence-electron chi connectivity index (χ0n) is 63.4. The molecule has 0 aromatic rings. The van der Waals surface area contributed by atoms with Crippen LogP contribution in [-0.4, -0.2) is 49.3 Å². The summed E-state index contributed by atoms with van der Waals surface area (Å²) in [4.78, 5) is 35.5. The van der Waals surface area contributed by atoms with Gasteiger partial charge >= 0.3 is 19.8 Å². The van der Waals surface area contributed by atoms with Gasteiger partial charge in [0.25, 0.3) is 0 Å². The van der Waals surface area contributed by atoms with Gasteiger partial charge in [-0.05, 0) is 51.4 Å². The van der Waals surface area contributed by atoms with Crippen LogP contribution in [0, 0.1) is 0 Å². The molecule has 0 aliphatic rings. The predicted molar refractivity (Wildman–Crippen MR) is 413 cm³/mol. The lowest BCUT2D eigenvalue weighted by atomic mass is 10.0. The highest BCUT2D eigenvalue weighted by molar-refractivity contribution is 7.47. The van der Waals surface area contributed by atoms with Crippen LogP contribution >= 0.6 is 7.82 Å². The van der Waals surface area contributed by atoms with Gasteiger partial charge in [-0.2, -0.15) is 0 Å². The largest absolute Gasteiger partial charge is 0.472 e. The lowest BCUT2D eigenvalue weighted by Gasteiger charge is -2.19. The molecule has 10 heteroatoms. The summed E-state index contributed by atoms with van der Waals surface area (Å²) in [5, 5.41) is 0. The fourth-order valence-corrected chi connectivity index (χ4v) is 13.8. The monoisotopic (exact) mass is 1360 g/mol. The number of phosphoric ester groups is 1. The molecule has 0 aliphatic carbocycles. The molecule has 0 radical (unpaired) electrons. The highest BCUT2D eigenvalue weighted by Crippen LogP contribution is 2.43. The number of allylic oxidation sites excluding steroid dienone is 8. The van der Waals surface area contributed by atoms with Crippen molar-refractivity contribution in [3.8, 4) is 0 Å². The molecular weight excluding hydrogens is 1190 g/mol. The maximum atomic E-state index is 12.8. The van der Waals surface area contributed by atoms with E-state index >= 15 is 0 Å². The molecule has 95 heavy (non-hydrogen) atoms. The molecule has 3 N–H and O–H groups in total. The first-order chi connectivity index (χ1) is 46.8. The van der Waals surface area contributed by atoms with E-state index in [2.05, 4.69) is 62.5 Å². The molecule has 0 amide bonds. The number of hydrogen-bond acceptors (Lipinski definition) is 8. The van der Waals surface area contributed by atoms with Crippen LogP contribution in [0.5, 0.6) is 0 Å². The molecule has 0 aromatic carbocycles. The van der Waals surface area contributed by atoms with Crippen LogP contribution in [0.25, 0.3) is 0 Å². The third-order valence-electron chi connectivity index (χ3n) is 19.2. The van der Waals surface area contributed by atoms with Crippen molar-refractivity contribution < 1.29 is 37.6 Å². The lowest BCUT2D eigenvalue weighted by molar-refractivity contribution is -0.161. The topological polar surface area (TPSA) is 134 Å². The number of rotatable bonds is 81. The maximum absolute atomic E-state index is 12.8. The molecule has 0 aliphatic heterocycles. The van der Waals surface area contributed by atoms with Gasteiger partial charge in [-0.1, -0.05) is 435 Å². The van der Waals surface area contributed by atoms with Gasteiger partial charge in [0.05, 0.1) is 13.2 Å². The van der Waals surface area contributed by atoms with E-state index in [0.717, 1.165) is 57.8 Å². The first kappa shape index (κ1) is 93.0. The summed E-state index contributed by atoms with van der Waals surface area (Å²) in [5.41, 5.74) is 5.42. The van der Waals surface area contributed by atoms with Crippen molar-refractivity contribution in [2.24, 2.45) is 5.73 Å². The van der Waals surface area contributed by atoms with Crippen LogP contribution in [0.3, 0.4) is 0 Å². The standard InChI is InChI=1S/C85H162NO8P/c1-3-5-7-9-11-13-15-17-19-21-23-25-27-29-31-33-35-37-39-40-41-42-44-46-48-50-52-54-56-58-60-62-64-66-68-70-72-74-76-78-85(88)94-83(82-93-95(89,90)92-80-79-86)81-91-84(87)77-75-73-71-69-67-65-63-61-59-57-55-53-51-49-47-45-43-38-36-34-32-30-28-26-24-22-20-18-16-14-12-10-8-6-4-2/h5,7,11,13,17,19,23,25,83H,3-4,6,8-10,12,14-16,18,20-22,24,26-82,86H2,1-2H3,(H,89,90)/b7-5-,13-11-,19-17-,25-23-. The zero-order chi connectivity index (χ0) is 68.6. The molecule has 2 atom stereocenters. The Bertz CT molecular complexity index is 1700. The molecule has 0 rings (SSSR count). The Morgan fingerprint density at radius 1 is 0.326 bits per heavy atom. The molecule has 0 aromatic heterocycles. The second-order valence-electron chi connectivity index (χ2n) is 28.7. The van der Waals surface area contributed by atoms with Crippen LogP contribution in [0.1, 0.15) is 450 Å². The highest BCUT2D eigenvalue weighted by Gasteiger charge is 2.26. The minimum atomic E-state index is -4.39.